The van der Waals surface area contributed by atoms with E-state index in [-0.39, 0.29) is 0 Å². The summed E-state index contributed by atoms with van der Waals surface area (Å²) >= 11 is 0. The van der Waals surface area contributed by atoms with Crippen LogP contribution in [0.4, 0.5) is 5.69 Å². The van der Waals surface area contributed by atoms with Crippen molar-refractivity contribution in [3.05, 3.63) is 53.6 Å². The predicted molar refractivity (Wildman–Crippen MR) is 65.8 cm³/mol. The van der Waals surface area contributed by atoms with Crippen LogP contribution in [-0.2, 0) is 4.74 Å². The standard InChI is InChI=1S/C14H16NO/c1-10-14-12(8-9-16-10)11-6-4-5-7-13(11)15(14,2)3/h4-9,12H,1-3H3/q+1. The summed E-state index contributed by atoms with van der Waals surface area (Å²) in [6.45, 7) is 2.05. The van der Waals surface area contributed by atoms with Gasteiger partial charge in [0.1, 0.15) is 5.69 Å². The molecule has 0 radical (unpaired) electrons. The van der Waals surface area contributed by atoms with E-state index in [9.17, 15) is 0 Å². The largest absolute Gasteiger partial charge is 0.464 e. The summed E-state index contributed by atoms with van der Waals surface area (Å²) < 4.78 is 6.34. The summed E-state index contributed by atoms with van der Waals surface area (Å²) in [5.41, 5.74) is 4.13. The maximum atomic E-state index is 5.54. The van der Waals surface area contributed by atoms with Gasteiger partial charge in [-0.25, -0.2) is 0 Å². The number of nitrogens with zero attached hydrogens (tertiary/aromatic N) is 1. The van der Waals surface area contributed by atoms with Gasteiger partial charge in [-0.3, -0.25) is 4.48 Å². The van der Waals surface area contributed by atoms with Crippen LogP contribution >= 0.6 is 0 Å². The quantitative estimate of drug-likeness (QED) is 0.603. The Morgan fingerprint density at radius 2 is 1.94 bits per heavy atom. The number of allylic oxidation sites excluding steroid dienone is 2. The topological polar surface area (TPSA) is 9.23 Å². The first-order valence-corrected chi connectivity index (χ1v) is 5.60. The van der Waals surface area contributed by atoms with Crippen LogP contribution in [-0.4, -0.2) is 14.1 Å². The molecule has 82 valence electrons. The third-order valence-electron chi connectivity index (χ3n) is 3.65. The monoisotopic (exact) mass is 214 g/mol. The number of ether oxygens (including phenoxy) is 1. The molecular formula is C14H16NO+. The SMILES string of the molecule is CC1=C2C(C=CO1)c1ccccc1[N+]2(C)C. The highest BCUT2D eigenvalue weighted by molar-refractivity contribution is 5.65. The number of quaternary nitrogens is 1. The van der Waals surface area contributed by atoms with Crippen LogP contribution in [0.15, 0.2) is 48.1 Å². The zero-order chi connectivity index (χ0) is 11.3. The molecule has 2 heterocycles. The van der Waals surface area contributed by atoms with E-state index in [1.807, 2.05) is 6.26 Å². The average Bonchev–Trinajstić information content (AvgIpc) is 2.50. The van der Waals surface area contributed by atoms with Gasteiger partial charge in [0.15, 0.2) is 11.5 Å². The lowest BCUT2D eigenvalue weighted by atomic mass is 9.97. The summed E-state index contributed by atoms with van der Waals surface area (Å²) in [7, 11) is 4.44. The Bertz CT molecular complexity index is 511. The van der Waals surface area contributed by atoms with Gasteiger partial charge in [-0.15, -0.1) is 0 Å². The normalized spacial score (nSPS) is 25.1. The fourth-order valence-corrected chi connectivity index (χ4v) is 2.97. The molecule has 16 heavy (non-hydrogen) atoms. The molecule has 0 bridgehead atoms. The van der Waals surface area contributed by atoms with Gasteiger partial charge in [0, 0.05) is 5.56 Å². The molecule has 0 saturated heterocycles. The molecule has 0 N–H and O–H groups in total. The second-order valence-electron chi connectivity index (χ2n) is 4.88. The zero-order valence-electron chi connectivity index (χ0n) is 9.90. The second-order valence-corrected chi connectivity index (χ2v) is 4.88. The van der Waals surface area contributed by atoms with E-state index in [0.29, 0.717) is 5.92 Å². The van der Waals surface area contributed by atoms with Gasteiger partial charge in [0.05, 0.1) is 26.3 Å². The first-order chi connectivity index (χ1) is 7.62. The Morgan fingerprint density at radius 1 is 1.19 bits per heavy atom. The van der Waals surface area contributed by atoms with Gasteiger partial charge < -0.3 is 4.74 Å². The minimum atomic E-state index is 0.389. The molecule has 3 rings (SSSR count). The number of para-hydroxylation sites is 1. The smallest absolute Gasteiger partial charge is 0.164 e. The molecule has 0 saturated carbocycles. The minimum absolute atomic E-state index is 0.389. The molecule has 0 aliphatic carbocycles. The summed E-state index contributed by atoms with van der Waals surface area (Å²) in [5.74, 6) is 1.42. The van der Waals surface area contributed by atoms with Gasteiger partial charge in [-0.05, 0) is 19.1 Å². The van der Waals surface area contributed by atoms with Crippen molar-refractivity contribution < 1.29 is 4.74 Å². The van der Waals surface area contributed by atoms with Gasteiger partial charge in [0.25, 0.3) is 0 Å². The summed E-state index contributed by atoms with van der Waals surface area (Å²) in [5, 5.41) is 0. The zero-order valence-corrected chi connectivity index (χ0v) is 9.90. The Hall–Kier alpha value is -1.54. The lowest BCUT2D eigenvalue weighted by molar-refractivity contribution is 0.310. The van der Waals surface area contributed by atoms with Crippen LogP contribution in [0.2, 0.25) is 0 Å². The lowest BCUT2D eigenvalue weighted by Crippen LogP contribution is -2.38. The molecule has 1 unspecified atom stereocenters. The van der Waals surface area contributed by atoms with E-state index < -0.39 is 0 Å². The number of hydrogen-bond donors (Lipinski definition) is 0. The fraction of sp³-hybridized carbons (Fsp3) is 0.286. The van der Waals surface area contributed by atoms with Crippen molar-refractivity contribution in [1.29, 1.82) is 0 Å². The Balaban J connectivity index is 2.31. The molecule has 0 spiro atoms. The molecule has 2 aliphatic heterocycles. The van der Waals surface area contributed by atoms with Crippen molar-refractivity contribution in [2.75, 3.05) is 14.1 Å². The van der Waals surface area contributed by atoms with Crippen molar-refractivity contribution in [2.24, 2.45) is 0 Å². The number of fused-ring (bicyclic) bond motifs is 3. The van der Waals surface area contributed by atoms with Crippen LogP contribution in [0.1, 0.15) is 18.4 Å². The highest BCUT2D eigenvalue weighted by Gasteiger charge is 2.45. The van der Waals surface area contributed by atoms with Gasteiger partial charge >= 0.3 is 0 Å². The van der Waals surface area contributed by atoms with Crippen molar-refractivity contribution in [2.45, 2.75) is 12.8 Å². The Kier molecular flexibility index (Phi) is 1.80. The molecule has 2 nitrogen and oxygen atoms in total. The van der Waals surface area contributed by atoms with E-state index in [4.69, 9.17) is 4.74 Å². The summed E-state index contributed by atoms with van der Waals surface area (Å²) in [4.78, 5) is 0. The molecule has 1 aromatic carbocycles. The maximum absolute atomic E-state index is 5.54. The van der Waals surface area contributed by atoms with Crippen molar-refractivity contribution in [3.8, 4) is 0 Å². The van der Waals surface area contributed by atoms with E-state index in [0.717, 1.165) is 10.2 Å². The molecule has 1 aromatic rings. The van der Waals surface area contributed by atoms with Crippen LogP contribution in [0, 0.1) is 0 Å². The third kappa shape index (κ3) is 1.05. The second kappa shape index (κ2) is 2.98. The van der Waals surface area contributed by atoms with E-state index in [1.54, 1.807) is 0 Å². The number of likely N-dealkylation sites (N-methyl/N-ethyl adjacent to an activating group) is 1. The molecule has 2 heteroatoms. The molecular weight excluding hydrogens is 198 g/mol. The van der Waals surface area contributed by atoms with Gasteiger partial charge in [-0.2, -0.15) is 0 Å². The maximum Gasteiger partial charge on any atom is 0.164 e. The van der Waals surface area contributed by atoms with E-state index in [1.165, 1.54) is 16.9 Å². The highest BCUT2D eigenvalue weighted by Crippen LogP contribution is 2.49. The molecule has 2 aliphatic rings. The van der Waals surface area contributed by atoms with E-state index >= 15 is 0 Å². The summed E-state index contributed by atoms with van der Waals surface area (Å²) in [6, 6.07) is 8.65. The van der Waals surface area contributed by atoms with Gasteiger partial charge in [0.2, 0.25) is 0 Å². The van der Waals surface area contributed by atoms with Crippen molar-refractivity contribution >= 4 is 5.69 Å². The predicted octanol–water partition coefficient (Wildman–Crippen LogP) is 3.13. The van der Waals surface area contributed by atoms with Crippen molar-refractivity contribution in [3.63, 3.8) is 0 Å². The van der Waals surface area contributed by atoms with Crippen molar-refractivity contribution in [1.82, 2.24) is 4.48 Å². The highest BCUT2D eigenvalue weighted by atomic mass is 16.5. The van der Waals surface area contributed by atoms with Crippen LogP contribution < -0.4 is 4.48 Å². The Labute approximate surface area is 96.0 Å². The first-order valence-electron chi connectivity index (χ1n) is 5.60. The molecule has 1 atom stereocenters. The fourth-order valence-electron chi connectivity index (χ4n) is 2.97. The first kappa shape index (κ1) is 9.67. The Morgan fingerprint density at radius 3 is 2.75 bits per heavy atom. The van der Waals surface area contributed by atoms with Gasteiger partial charge in [-0.1, -0.05) is 18.2 Å². The average molecular weight is 214 g/mol. The van der Waals surface area contributed by atoms with Crippen LogP contribution in [0.25, 0.3) is 0 Å². The third-order valence-corrected chi connectivity index (χ3v) is 3.65. The number of benzene rings is 1. The number of hydrogen-bond acceptors (Lipinski definition) is 1. The number of rotatable bonds is 0. The van der Waals surface area contributed by atoms with Crippen LogP contribution in [0.5, 0.6) is 0 Å². The lowest BCUT2D eigenvalue weighted by Gasteiger charge is -2.28. The minimum Gasteiger partial charge on any atom is -0.464 e. The molecule has 0 amide bonds. The van der Waals surface area contributed by atoms with E-state index in [2.05, 4.69) is 51.4 Å². The molecule has 0 aromatic heterocycles. The van der Waals surface area contributed by atoms with Crippen LogP contribution in [0.3, 0.4) is 0 Å². The summed E-state index contributed by atoms with van der Waals surface area (Å²) in [6.07, 6.45) is 3.96. The molecule has 0 fully saturated rings.